The Bertz CT molecular complexity index is 1670. The van der Waals surface area contributed by atoms with Gasteiger partial charge in [0.1, 0.15) is 17.2 Å². The van der Waals surface area contributed by atoms with Crippen molar-refractivity contribution in [3.8, 4) is 5.75 Å². The molecule has 7 rings (SSSR count). The van der Waals surface area contributed by atoms with Crippen LogP contribution in [-0.2, 0) is 0 Å². The van der Waals surface area contributed by atoms with E-state index in [-0.39, 0.29) is 17.3 Å². The zero-order chi connectivity index (χ0) is 27.4. The average molecular weight is 526 g/mol. The highest BCUT2D eigenvalue weighted by molar-refractivity contribution is 6.32. The number of anilines is 1. The fraction of sp³-hybridized carbons (Fsp3) is 0.171. The smallest absolute Gasteiger partial charge is 0.185 e. The maximum Gasteiger partial charge on any atom is 0.185 e. The molecule has 4 aromatic rings. The van der Waals surface area contributed by atoms with Crippen LogP contribution >= 0.6 is 0 Å². The van der Waals surface area contributed by atoms with Crippen LogP contribution in [0.2, 0.25) is 0 Å². The average Bonchev–Trinajstić information content (AvgIpc) is 3.44. The molecule has 0 saturated carbocycles. The second kappa shape index (κ2) is 9.16. The van der Waals surface area contributed by atoms with Gasteiger partial charge in [0.05, 0.1) is 12.6 Å². The van der Waals surface area contributed by atoms with Crippen LogP contribution in [0.5, 0.6) is 5.75 Å². The first-order valence-electron chi connectivity index (χ1n) is 13.6. The molecule has 0 unspecified atom stereocenters. The molecule has 40 heavy (non-hydrogen) atoms. The van der Waals surface area contributed by atoms with Crippen LogP contribution in [0.4, 0.5) is 5.69 Å². The predicted octanol–water partition coefficient (Wildman–Crippen LogP) is 6.40. The van der Waals surface area contributed by atoms with Crippen molar-refractivity contribution in [2.75, 3.05) is 11.5 Å². The Morgan fingerprint density at radius 3 is 2.15 bits per heavy atom. The van der Waals surface area contributed by atoms with Gasteiger partial charge < -0.3 is 9.64 Å². The third-order valence-electron chi connectivity index (χ3n) is 8.59. The summed E-state index contributed by atoms with van der Waals surface area (Å²) in [5.41, 5.74) is 2.26. The largest absolute Gasteiger partial charge is 0.494 e. The number of rotatable bonds is 5. The van der Waals surface area contributed by atoms with Gasteiger partial charge in [-0.1, -0.05) is 103 Å². The zero-order valence-corrected chi connectivity index (χ0v) is 22.0. The second-order valence-electron chi connectivity index (χ2n) is 10.5. The summed E-state index contributed by atoms with van der Waals surface area (Å²) in [7, 11) is 0. The van der Waals surface area contributed by atoms with Crippen molar-refractivity contribution >= 4 is 29.1 Å². The van der Waals surface area contributed by atoms with E-state index in [1.807, 2.05) is 90.7 Å². The van der Waals surface area contributed by atoms with Crippen molar-refractivity contribution in [3.63, 3.8) is 0 Å². The van der Waals surface area contributed by atoms with Gasteiger partial charge in [0, 0.05) is 33.9 Å². The summed E-state index contributed by atoms with van der Waals surface area (Å²) in [6.45, 7) is 2.31. The lowest BCUT2D eigenvalue weighted by Gasteiger charge is -2.37. The summed E-state index contributed by atoms with van der Waals surface area (Å²) >= 11 is 0. The van der Waals surface area contributed by atoms with E-state index in [2.05, 4.69) is 0 Å². The van der Waals surface area contributed by atoms with Crippen LogP contribution in [-0.4, -0.2) is 36.0 Å². The summed E-state index contributed by atoms with van der Waals surface area (Å²) in [6, 6.07) is 30.1. The van der Waals surface area contributed by atoms with E-state index < -0.39 is 23.4 Å². The van der Waals surface area contributed by atoms with Gasteiger partial charge in [-0.2, -0.15) is 0 Å². The molecular weight excluding hydrogens is 498 g/mol. The lowest BCUT2D eigenvalue weighted by molar-refractivity contribution is 0.0664. The fourth-order valence-electron chi connectivity index (χ4n) is 7.06. The molecule has 0 radical (unpaired) electrons. The number of carbonyl (C=O) groups excluding carboxylic acids is 3. The maximum atomic E-state index is 14.7. The molecule has 1 aliphatic carbocycles. The molecule has 5 nitrogen and oxygen atoms in total. The molecule has 0 N–H and O–H groups in total. The molecule has 2 heterocycles. The third-order valence-corrected chi connectivity index (χ3v) is 8.59. The SMILES string of the molecule is CCOc1ccccc1[C@@H]1[C@H](C(=O)c2ccccc2)N2c3ccccc3C=C[C@@H]2C12C(=O)c1ccccc1C2=O. The van der Waals surface area contributed by atoms with Crippen molar-refractivity contribution in [1.29, 1.82) is 0 Å². The maximum absolute atomic E-state index is 14.7. The van der Waals surface area contributed by atoms with Gasteiger partial charge in [-0.3, -0.25) is 14.4 Å². The molecule has 3 atom stereocenters. The Kier molecular flexibility index (Phi) is 5.56. The number of fused-ring (bicyclic) bond motifs is 5. The predicted molar refractivity (Wildman–Crippen MR) is 154 cm³/mol. The summed E-state index contributed by atoms with van der Waals surface area (Å²) in [4.78, 5) is 46.1. The van der Waals surface area contributed by atoms with Gasteiger partial charge in [0.25, 0.3) is 0 Å². The van der Waals surface area contributed by atoms with E-state index in [1.54, 1.807) is 36.4 Å². The molecule has 0 aromatic heterocycles. The number of ketones is 3. The van der Waals surface area contributed by atoms with Crippen LogP contribution < -0.4 is 9.64 Å². The minimum absolute atomic E-state index is 0.138. The lowest BCUT2D eigenvalue weighted by Crippen LogP contribution is -2.48. The minimum atomic E-state index is -1.55. The lowest BCUT2D eigenvalue weighted by atomic mass is 9.64. The second-order valence-corrected chi connectivity index (χ2v) is 10.5. The first-order valence-corrected chi connectivity index (χ1v) is 13.6. The van der Waals surface area contributed by atoms with Crippen molar-refractivity contribution < 1.29 is 19.1 Å². The summed E-state index contributed by atoms with van der Waals surface area (Å²) in [5, 5.41) is 0. The highest BCUT2D eigenvalue weighted by atomic mass is 16.5. The van der Waals surface area contributed by atoms with E-state index >= 15 is 0 Å². The van der Waals surface area contributed by atoms with E-state index in [1.165, 1.54) is 0 Å². The van der Waals surface area contributed by atoms with Gasteiger partial charge in [-0.15, -0.1) is 0 Å². The van der Waals surface area contributed by atoms with Crippen LogP contribution in [0.1, 0.15) is 55.0 Å². The molecule has 4 aromatic carbocycles. The number of hydrogen-bond acceptors (Lipinski definition) is 5. The van der Waals surface area contributed by atoms with E-state index in [9.17, 15) is 14.4 Å². The number of carbonyl (C=O) groups is 3. The topological polar surface area (TPSA) is 63.7 Å². The number of benzene rings is 4. The van der Waals surface area contributed by atoms with E-state index in [0.29, 0.717) is 34.6 Å². The molecule has 0 bridgehead atoms. The quantitative estimate of drug-likeness (QED) is 0.223. The molecule has 3 aliphatic rings. The molecule has 1 saturated heterocycles. The van der Waals surface area contributed by atoms with E-state index in [4.69, 9.17) is 4.74 Å². The molecule has 5 heteroatoms. The normalized spacial score (nSPS) is 21.7. The molecule has 1 fully saturated rings. The standard InChI is InChI=1S/C35H27NO4/c1-2-40-28-19-11-9-17-26(28)30-31(32(37)23-13-4-3-5-14-23)36-27-18-10-6-12-22(27)20-21-29(36)35(30)33(38)24-15-7-8-16-25(24)34(35)39/h3-21,29-31H,2H2,1H3/t29-,30-,31-/m1/s1. The first-order chi connectivity index (χ1) is 19.6. The molecule has 1 spiro atoms. The molecular formula is C35H27NO4. The Morgan fingerprint density at radius 1 is 0.800 bits per heavy atom. The Balaban J connectivity index is 1.57. The summed E-state index contributed by atoms with van der Waals surface area (Å²) < 4.78 is 6.09. The van der Waals surface area contributed by atoms with Crippen LogP contribution in [0.25, 0.3) is 6.08 Å². The van der Waals surface area contributed by atoms with Crippen molar-refractivity contribution in [1.82, 2.24) is 0 Å². The van der Waals surface area contributed by atoms with Crippen molar-refractivity contribution in [2.45, 2.75) is 24.9 Å². The number of nitrogens with zero attached hydrogens (tertiary/aromatic N) is 1. The molecule has 0 amide bonds. The van der Waals surface area contributed by atoms with Crippen molar-refractivity contribution in [2.24, 2.45) is 5.41 Å². The summed E-state index contributed by atoms with van der Waals surface area (Å²) in [6.07, 6.45) is 3.92. The first kappa shape index (κ1) is 24.3. The van der Waals surface area contributed by atoms with E-state index in [0.717, 1.165) is 11.3 Å². The van der Waals surface area contributed by atoms with Crippen LogP contribution in [0.3, 0.4) is 0 Å². The highest BCUT2D eigenvalue weighted by Crippen LogP contribution is 2.61. The van der Waals surface area contributed by atoms with Gasteiger partial charge in [0.15, 0.2) is 17.3 Å². The van der Waals surface area contributed by atoms with Gasteiger partial charge in [0.2, 0.25) is 0 Å². The molecule has 196 valence electrons. The number of Topliss-reactive ketones (excluding diaryl/α,β-unsaturated/α-hetero) is 3. The van der Waals surface area contributed by atoms with Crippen LogP contribution in [0.15, 0.2) is 109 Å². The monoisotopic (exact) mass is 525 g/mol. The van der Waals surface area contributed by atoms with Gasteiger partial charge >= 0.3 is 0 Å². The van der Waals surface area contributed by atoms with Crippen molar-refractivity contribution in [3.05, 3.63) is 137 Å². The highest BCUT2D eigenvalue weighted by Gasteiger charge is 2.71. The Labute approximate surface area is 232 Å². The number of hydrogen-bond donors (Lipinski definition) is 0. The van der Waals surface area contributed by atoms with Gasteiger partial charge in [-0.05, 0) is 24.6 Å². The summed E-state index contributed by atoms with van der Waals surface area (Å²) in [5.74, 6) is -0.843. The Morgan fingerprint density at radius 2 is 1.43 bits per heavy atom. The minimum Gasteiger partial charge on any atom is -0.494 e. The third kappa shape index (κ3) is 3.18. The number of para-hydroxylation sites is 2. The van der Waals surface area contributed by atoms with Gasteiger partial charge in [-0.25, -0.2) is 0 Å². The zero-order valence-electron chi connectivity index (χ0n) is 22.0. The fourth-order valence-corrected chi connectivity index (χ4v) is 7.06. The number of ether oxygens (including phenoxy) is 1. The Hall–Kier alpha value is -4.77. The molecule has 2 aliphatic heterocycles. The van der Waals surface area contributed by atoms with Crippen LogP contribution in [0, 0.1) is 5.41 Å².